The fourth-order valence-corrected chi connectivity index (χ4v) is 3.95. The molecule has 0 bridgehead atoms. The molecule has 0 radical (unpaired) electrons. The monoisotopic (exact) mass is 329 g/mol. The lowest BCUT2D eigenvalue weighted by molar-refractivity contribution is 0.0429. The van der Waals surface area contributed by atoms with Gasteiger partial charge in [-0.25, -0.2) is 0 Å². The van der Waals surface area contributed by atoms with E-state index in [-0.39, 0.29) is 11.6 Å². The lowest BCUT2D eigenvalue weighted by Crippen LogP contribution is -2.57. The second-order valence-corrected chi connectivity index (χ2v) is 7.21. The predicted octanol–water partition coefficient (Wildman–Crippen LogP) is 4.01. The van der Waals surface area contributed by atoms with Gasteiger partial charge < -0.3 is 4.90 Å². The van der Waals surface area contributed by atoms with Gasteiger partial charge in [-0.3, -0.25) is 11.3 Å². The van der Waals surface area contributed by atoms with Crippen molar-refractivity contribution in [3.05, 3.63) is 33.8 Å². The lowest BCUT2D eigenvalue weighted by Gasteiger charge is -2.49. The van der Waals surface area contributed by atoms with E-state index < -0.39 is 0 Å². The van der Waals surface area contributed by atoms with E-state index in [1.54, 1.807) is 0 Å². The van der Waals surface area contributed by atoms with E-state index in [2.05, 4.69) is 31.3 Å². The Bertz CT molecular complexity index is 482. The van der Waals surface area contributed by atoms with Gasteiger partial charge in [0.25, 0.3) is 0 Å². The van der Waals surface area contributed by atoms with Crippen LogP contribution in [0.2, 0.25) is 10.0 Å². The molecule has 0 saturated heterocycles. The molecule has 0 spiro atoms. The molecule has 21 heavy (non-hydrogen) atoms. The van der Waals surface area contributed by atoms with Gasteiger partial charge in [-0.15, -0.1) is 0 Å². The van der Waals surface area contributed by atoms with Crippen molar-refractivity contribution in [1.82, 2.24) is 10.3 Å². The molecule has 1 atom stereocenters. The summed E-state index contributed by atoms with van der Waals surface area (Å²) in [6.07, 6.45) is 4.60. The molecular weight excluding hydrogens is 305 g/mol. The van der Waals surface area contributed by atoms with Gasteiger partial charge in [0.15, 0.2) is 0 Å². The van der Waals surface area contributed by atoms with Crippen molar-refractivity contribution >= 4 is 23.2 Å². The molecule has 1 aliphatic carbocycles. The Balaban J connectivity index is 2.43. The van der Waals surface area contributed by atoms with Gasteiger partial charge in [0.1, 0.15) is 0 Å². The largest absolute Gasteiger partial charge is 0.302 e. The van der Waals surface area contributed by atoms with E-state index >= 15 is 0 Å². The van der Waals surface area contributed by atoms with E-state index in [1.165, 1.54) is 12.8 Å². The molecule has 1 aliphatic rings. The second kappa shape index (κ2) is 6.84. The zero-order chi connectivity index (χ0) is 15.6. The SMILES string of the molecule is CC1CCC(C(NN)c2cccc(Cl)c2Cl)(N(C)C)CC1. The Labute approximate surface area is 137 Å². The van der Waals surface area contributed by atoms with Crippen molar-refractivity contribution in [2.24, 2.45) is 11.8 Å². The van der Waals surface area contributed by atoms with E-state index in [0.29, 0.717) is 10.0 Å². The molecule has 0 amide bonds. The summed E-state index contributed by atoms with van der Waals surface area (Å²) in [5, 5.41) is 1.18. The van der Waals surface area contributed by atoms with E-state index in [4.69, 9.17) is 29.0 Å². The van der Waals surface area contributed by atoms with Crippen LogP contribution in [0.25, 0.3) is 0 Å². The normalized spacial score (nSPS) is 27.9. The minimum atomic E-state index is -0.0359. The van der Waals surface area contributed by atoms with Crippen molar-refractivity contribution in [2.45, 2.75) is 44.2 Å². The first-order chi connectivity index (χ1) is 9.92. The van der Waals surface area contributed by atoms with E-state index in [0.717, 1.165) is 24.3 Å². The quantitative estimate of drug-likeness (QED) is 0.647. The molecule has 1 aromatic rings. The molecule has 1 aromatic carbocycles. The highest BCUT2D eigenvalue weighted by Crippen LogP contribution is 2.45. The molecule has 3 nitrogen and oxygen atoms in total. The van der Waals surface area contributed by atoms with E-state index in [1.807, 2.05) is 18.2 Å². The highest BCUT2D eigenvalue weighted by Gasteiger charge is 2.44. The number of hydrogen-bond acceptors (Lipinski definition) is 3. The Morgan fingerprint density at radius 2 is 1.90 bits per heavy atom. The van der Waals surface area contributed by atoms with Crippen LogP contribution in [0.15, 0.2) is 18.2 Å². The second-order valence-electron chi connectivity index (χ2n) is 6.42. The zero-order valence-electron chi connectivity index (χ0n) is 13.0. The van der Waals surface area contributed by atoms with Crippen LogP contribution in [0.1, 0.15) is 44.2 Å². The molecule has 0 aliphatic heterocycles. The number of nitrogens with two attached hydrogens (primary N) is 1. The molecule has 3 N–H and O–H groups in total. The highest BCUT2D eigenvalue weighted by atomic mass is 35.5. The zero-order valence-corrected chi connectivity index (χ0v) is 14.5. The minimum absolute atomic E-state index is 0.0322. The topological polar surface area (TPSA) is 41.3 Å². The molecular formula is C16H25Cl2N3. The van der Waals surface area contributed by atoms with Gasteiger partial charge in [-0.05, 0) is 57.3 Å². The van der Waals surface area contributed by atoms with Crippen LogP contribution in [-0.4, -0.2) is 24.5 Å². The summed E-state index contributed by atoms with van der Waals surface area (Å²) >= 11 is 12.6. The van der Waals surface area contributed by atoms with Gasteiger partial charge in [0.05, 0.1) is 16.1 Å². The highest BCUT2D eigenvalue weighted by molar-refractivity contribution is 6.42. The molecule has 2 rings (SSSR count). The Kier molecular flexibility index (Phi) is 5.55. The first kappa shape index (κ1) is 17.0. The van der Waals surface area contributed by atoms with Gasteiger partial charge in [-0.2, -0.15) is 0 Å². The Morgan fingerprint density at radius 3 is 2.43 bits per heavy atom. The van der Waals surface area contributed by atoms with Crippen molar-refractivity contribution in [3.63, 3.8) is 0 Å². The summed E-state index contributed by atoms with van der Waals surface area (Å²) in [5.41, 5.74) is 3.96. The van der Waals surface area contributed by atoms with Crippen molar-refractivity contribution in [2.75, 3.05) is 14.1 Å². The molecule has 0 heterocycles. The molecule has 1 fully saturated rings. The van der Waals surface area contributed by atoms with Crippen LogP contribution < -0.4 is 11.3 Å². The van der Waals surface area contributed by atoms with Crippen molar-refractivity contribution < 1.29 is 0 Å². The third kappa shape index (κ3) is 3.22. The predicted molar refractivity (Wildman–Crippen MR) is 90.6 cm³/mol. The van der Waals surface area contributed by atoms with Gasteiger partial charge >= 0.3 is 0 Å². The number of nitrogens with one attached hydrogen (secondary N) is 1. The van der Waals surface area contributed by atoms with Crippen LogP contribution in [0, 0.1) is 5.92 Å². The third-order valence-corrected chi connectivity index (χ3v) is 5.86. The summed E-state index contributed by atoms with van der Waals surface area (Å²) in [4.78, 5) is 2.29. The van der Waals surface area contributed by atoms with Crippen LogP contribution in [-0.2, 0) is 0 Å². The maximum absolute atomic E-state index is 6.44. The third-order valence-electron chi connectivity index (χ3n) is 5.03. The molecule has 5 heteroatoms. The molecule has 1 unspecified atom stereocenters. The summed E-state index contributed by atoms with van der Waals surface area (Å²) in [5.74, 6) is 6.70. The average Bonchev–Trinajstić information content (AvgIpc) is 2.46. The summed E-state index contributed by atoms with van der Waals surface area (Å²) in [6, 6.07) is 5.72. The van der Waals surface area contributed by atoms with Gasteiger partial charge in [0, 0.05) is 5.54 Å². The Hall–Kier alpha value is -0.320. The van der Waals surface area contributed by atoms with Crippen LogP contribution >= 0.6 is 23.2 Å². The van der Waals surface area contributed by atoms with Crippen molar-refractivity contribution in [1.29, 1.82) is 0 Å². The number of halogens is 2. The number of hydrogen-bond donors (Lipinski definition) is 2. The molecule has 0 aromatic heterocycles. The first-order valence-corrected chi connectivity index (χ1v) is 8.25. The fourth-order valence-electron chi connectivity index (χ4n) is 3.53. The standard InChI is InChI=1S/C16H25Cl2N3/c1-11-7-9-16(10-8-11,21(2)3)15(20-19)12-5-4-6-13(17)14(12)18/h4-6,11,15,20H,7-10,19H2,1-3H3. The number of nitrogens with zero attached hydrogens (tertiary/aromatic N) is 1. The summed E-state index contributed by atoms with van der Waals surface area (Å²) in [6.45, 7) is 2.32. The number of likely N-dealkylation sites (N-methyl/N-ethyl adjacent to an activating group) is 1. The maximum Gasteiger partial charge on any atom is 0.0658 e. The Morgan fingerprint density at radius 1 is 1.29 bits per heavy atom. The van der Waals surface area contributed by atoms with Crippen molar-refractivity contribution in [3.8, 4) is 0 Å². The fraction of sp³-hybridized carbons (Fsp3) is 0.625. The van der Waals surface area contributed by atoms with Gasteiger partial charge in [0.2, 0.25) is 0 Å². The minimum Gasteiger partial charge on any atom is -0.302 e. The first-order valence-electron chi connectivity index (χ1n) is 7.50. The van der Waals surface area contributed by atoms with E-state index in [9.17, 15) is 0 Å². The van der Waals surface area contributed by atoms with Crippen LogP contribution in [0.4, 0.5) is 0 Å². The van der Waals surface area contributed by atoms with Crippen LogP contribution in [0.5, 0.6) is 0 Å². The number of rotatable bonds is 4. The van der Waals surface area contributed by atoms with Crippen LogP contribution in [0.3, 0.4) is 0 Å². The summed E-state index contributed by atoms with van der Waals surface area (Å²) < 4.78 is 0. The smallest absolute Gasteiger partial charge is 0.0658 e. The molecule has 1 saturated carbocycles. The average molecular weight is 330 g/mol. The number of hydrazine groups is 1. The lowest BCUT2D eigenvalue weighted by atomic mass is 9.70. The summed E-state index contributed by atoms with van der Waals surface area (Å²) in [7, 11) is 4.25. The van der Waals surface area contributed by atoms with Gasteiger partial charge in [-0.1, -0.05) is 42.3 Å². The number of benzene rings is 1. The maximum atomic E-state index is 6.44. The molecule has 118 valence electrons.